The molecule has 0 atom stereocenters. The number of carbonyl (C=O) groups is 2. The van der Waals surface area contributed by atoms with Gasteiger partial charge in [-0.1, -0.05) is 0 Å². The maximum absolute atomic E-state index is 12.1. The molecule has 1 aliphatic rings. The van der Waals surface area contributed by atoms with Crippen molar-refractivity contribution in [2.75, 3.05) is 39.8 Å². The van der Waals surface area contributed by atoms with Crippen LogP contribution in [0.15, 0.2) is 18.7 Å². The van der Waals surface area contributed by atoms with E-state index in [4.69, 9.17) is 0 Å². The third-order valence-corrected chi connectivity index (χ3v) is 3.73. The Kier molecular flexibility index (Phi) is 5.74. The van der Waals surface area contributed by atoms with E-state index in [1.165, 1.54) is 7.11 Å². The SMILES string of the molecule is COC(=O)CCN1CCN(C(=O)CCn2ccnc2)CC1. The first-order chi connectivity index (χ1) is 10.2. The van der Waals surface area contributed by atoms with E-state index in [1.54, 1.807) is 12.5 Å². The Morgan fingerprint density at radius 2 is 1.90 bits per heavy atom. The van der Waals surface area contributed by atoms with E-state index in [-0.39, 0.29) is 11.9 Å². The van der Waals surface area contributed by atoms with Gasteiger partial charge in [0.1, 0.15) is 0 Å². The van der Waals surface area contributed by atoms with Gasteiger partial charge >= 0.3 is 5.97 Å². The summed E-state index contributed by atoms with van der Waals surface area (Å²) in [6, 6.07) is 0. The lowest BCUT2D eigenvalue weighted by Crippen LogP contribution is -2.49. The average molecular weight is 294 g/mol. The molecule has 2 rings (SSSR count). The highest BCUT2D eigenvalue weighted by molar-refractivity contribution is 5.76. The van der Waals surface area contributed by atoms with Crippen LogP contribution in [0.25, 0.3) is 0 Å². The standard InChI is InChI=1S/C14H22N4O3/c1-21-14(20)3-6-16-8-10-18(11-9-16)13(19)2-5-17-7-4-15-12-17/h4,7,12H,2-3,5-6,8-11H2,1H3. The van der Waals surface area contributed by atoms with Gasteiger partial charge in [0, 0.05) is 58.1 Å². The minimum absolute atomic E-state index is 0.177. The number of carbonyl (C=O) groups excluding carboxylic acids is 2. The van der Waals surface area contributed by atoms with Crippen LogP contribution in [0.1, 0.15) is 12.8 Å². The van der Waals surface area contributed by atoms with Gasteiger partial charge in [-0.15, -0.1) is 0 Å². The van der Waals surface area contributed by atoms with Gasteiger partial charge in [0.25, 0.3) is 0 Å². The van der Waals surface area contributed by atoms with E-state index < -0.39 is 0 Å². The van der Waals surface area contributed by atoms with Crippen molar-refractivity contribution in [3.63, 3.8) is 0 Å². The lowest BCUT2D eigenvalue weighted by molar-refractivity contribution is -0.141. The van der Waals surface area contributed by atoms with Crippen LogP contribution >= 0.6 is 0 Å². The predicted molar refractivity (Wildman–Crippen MR) is 76.5 cm³/mol. The molecule has 0 spiro atoms. The number of hydrogen-bond donors (Lipinski definition) is 0. The van der Waals surface area contributed by atoms with E-state index >= 15 is 0 Å². The first-order valence-corrected chi connectivity index (χ1v) is 7.21. The van der Waals surface area contributed by atoms with Gasteiger partial charge in [0.05, 0.1) is 19.9 Å². The molecule has 2 heterocycles. The molecule has 0 unspecified atom stereocenters. The zero-order chi connectivity index (χ0) is 15.1. The van der Waals surface area contributed by atoms with Gasteiger partial charge in [-0.25, -0.2) is 4.98 Å². The van der Waals surface area contributed by atoms with E-state index in [1.807, 2.05) is 15.7 Å². The number of methoxy groups -OCH3 is 1. The number of hydrogen-bond acceptors (Lipinski definition) is 5. The Balaban J connectivity index is 1.66. The van der Waals surface area contributed by atoms with Gasteiger partial charge in [-0.2, -0.15) is 0 Å². The number of rotatable bonds is 6. The summed E-state index contributed by atoms with van der Waals surface area (Å²) in [5, 5.41) is 0. The summed E-state index contributed by atoms with van der Waals surface area (Å²) in [5.41, 5.74) is 0. The van der Waals surface area contributed by atoms with Crippen LogP contribution in [0.3, 0.4) is 0 Å². The second-order valence-corrected chi connectivity index (χ2v) is 5.10. The van der Waals surface area contributed by atoms with E-state index in [9.17, 15) is 9.59 Å². The minimum atomic E-state index is -0.186. The second-order valence-electron chi connectivity index (χ2n) is 5.10. The quantitative estimate of drug-likeness (QED) is 0.690. The van der Waals surface area contributed by atoms with E-state index in [0.717, 1.165) is 26.2 Å². The lowest BCUT2D eigenvalue weighted by atomic mass is 10.2. The van der Waals surface area contributed by atoms with Gasteiger partial charge in [-0.05, 0) is 0 Å². The Labute approximate surface area is 124 Å². The third-order valence-electron chi connectivity index (χ3n) is 3.73. The molecule has 1 aliphatic heterocycles. The average Bonchev–Trinajstić information content (AvgIpc) is 3.04. The Bertz CT molecular complexity index is 453. The summed E-state index contributed by atoms with van der Waals surface area (Å²) in [6.07, 6.45) is 6.20. The third kappa shape index (κ3) is 4.86. The van der Waals surface area contributed by atoms with Crippen molar-refractivity contribution >= 4 is 11.9 Å². The molecule has 0 bridgehead atoms. The fraction of sp³-hybridized carbons (Fsp3) is 0.643. The molecule has 1 fully saturated rings. The summed E-state index contributed by atoms with van der Waals surface area (Å²) < 4.78 is 6.54. The number of ether oxygens (including phenoxy) is 1. The fourth-order valence-corrected chi connectivity index (χ4v) is 2.37. The number of aromatic nitrogens is 2. The predicted octanol–water partition coefficient (Wildman–Crippen LogP) is -0.0195. The van der Waals surface area contributed by atoms with Crippen molar-refractivity contribution < 1.29 is 14.3 Å². The molecule has 1 aromatic heterocycles. The van der Waals surface area contributed by atoms with Crippen molar-refractivity contribution in [3.05, 3.63) is 18.7 Å². The first kappa shape index (κ1) is 15.5. The largest absolute Gasteiger partial charge is 0.469 e. The van der Waals surface area contributed by atoms with Crippen LogP contribution in [0.5, 0.6) is 0 Å². The zero-order valence-electron chi connectivity index (χ0n) is 12.4. The Hall–Kier alpha value is -1.89. The molecule has 0 N–H and O–H groups in total. The van der Waals surface area contributed by atoms with Crippen molar-refractivity contribution in [2.45, 2.75) is 19.4 Å². The molecule has 1 amide bonds. The van der Waals surface area contributed by atoms with Crippen LogP contribution in [-0.4, -0.2) is 71.1 Å². The molecule has 7 nitrogen and oxygen atoms in total. The number of amides is 1. The molecule has 0 saturated carbocycles. The Morgan fingerprint density at radius 1 is 1.14 bits per heavy atom. The van der Waals surface area contributed by atoms with Gasteiger partial charge in [-0.3, -0.25) is 14.5 Å². The number of nitrogens with zero attached hydrogens (tertiary/aromatic N) is 4. The number of aryl methyl sites for hydroxylation is 1. The summed E-state index contributed by atoms with van der Waals surface area (Å²) >= 11 is 0. The number of imidazole rings is 1. The maximum Gasteiger partial charge on any atom is 0.306 e. The summed E-state index contributed by atoms with van der Waals surface area (Å²) in [5.74, 6) is -0.00911. The molecule has 116 valence electrons. The highest BCUT2D eigenvalue weighted by Crippen LogP contribution is 2.05. The lowest BCUT2D eigenvalue weighted by Gasteiger charge is -2.34. The molecule has 0 aromatic carbocycles. The fourth-order valence-electron chi connectivity index (χ4n) is 2.37. The van der Waals surface area contributed by atoms with Gasteiger partial charge < -0.3 is 14.2 Å². The monoisotopic (exact) mass is 294 g/mol. The number of piperazine rings is 1. The normalized spacial score (nSPS) is 16.0. The van der Waals surface area contributed by atoms with Crippen LogP contribution in [0, 0.1) is 0 Å². The molecule has 21 heavy (non-hydrogen) atoms. The highest BCUT2D eigenvalue weighted by Gasteiger charge is 2.21. The van der Waals surface area contributed by atoms with Crippen LogP contribution in [-0.2, 0) is 20.9 Å². The minimum Gasteiger partial charge on any atom is -0.469 e. The van der Waals surface area contributed by atoms with E-state index in [2.05, 4.69) is 14.6 Å². The van der Waals surface area contributed by atoms with Gasteiger partial charge in [0.15, 0.2) is 0 Å². The number of esters is 1. The van der Waals surface area contributed by atoms with Crippen LogP contribution < -0.4 is 0 Å². The highest BCUT2D eigenvalue weighted by atomic mass is 16.5. The molecular formula is C14H22N4O3. The van der Waals surface area contributed by atoms with Crippen LogP contribution in [0.4, 0.5) is 0 Å². The Morgan fingerprint density at radius 3 is 2.52 bits per heavy atom. The van der Waals surface area contributed by atoms with E-state index in [0.29, 0.717) is 25.9 Å². The molecule has 1 aromatic rings. The van der Waals surface area contributed by atoms with Crippen molar-refractivity contribution in [2.24, 2.45) is 0 Å². The maximum atomic E-state index is 12.1. The molecule has 1 saturated heterocycles. The second kappa shape index (κ2) is 7.78. The smallest absolute Gasteiger partial charge is 0.306 e. The first-order valence-electron chi connectivity index (χ1n) is 7.21. The van der Waals surface area contributed by atoms with Crippen LogP contribution in [0.2, 0.25) is 0 Å². The molecule has 0 aliphatic carbocycles. The van der Waals surface area contributed by atoms with Crippen molar-refractivity contribution in [1.82, 2.24) is 19.4 Å². The molecule has 0 radical (unpaired) electrons. The molecular weight excluding hydrogens is 272 g/mol. The summed E-state index contributed by atoms with van der Waals surface area (Å²) in [4.78, 5) is 31.3. The summed E-state index contributed by atoms with van der Waals surface area (Å²) in [7, 11) is 1.40. The van der Waals surface area contributed by atoms with Gasteiger partial charge in [0.2, 0.25) is 5.91 Å². The summed E-state index contributed by atoms with van der Waals surface area (Å²) in [6.45, 7) is 4.45. The molecule has 7 heteroatoms. The zero-order valence-corrected chi connectivity index (χ0v) is 12.4. The van der Waals surface area contributed by atoms with Crippen molar-refractivity contribution in [3.8, 4) is 0 Å². The topological polar surface area (TPSA) is 67.7 Å². The van der Waals surface area contributed by atoms with Crippen molar-refractivity contribution in [1.29, 1.82) is 0 Å².